The van der Waals surface area contributed by atoms with E-state index >= 15 is 0 Å². The highest BCUT2D eigenvalue weighted by Gasteiger charge is 2.36. The number of ether oxygens (including phenoxy) is 1. The molecule has 0 amide bonds. The van der Waals surface area contributed by atoms with Gasteiger partial charge in [-0.3, -0.25) is 9.69 Å². The van der Waals surface area contributed by atoms with Gasteiger partial charge < -0.3 is 9.30 Å². The van der Waals surface area contributed by atoms with Crippen molar-refractivity contribution in [2.75, 3.05) is 20.2 Å². The molecule has 5 nitrogen and oxygen atoms in total. The number of nitrogens with zero attached hydrogens (tertiary/aromatic N) is 3. The summed E-state index contributed by atoms with van der Waals surface area (Å²) >= 11 is 0. The van der Waals surface area contributed by atoms with Crippen LogP contribution in [-0.4, -0.2) is 29.7 Å². The lowest BCUT2D eigenvalue weighted by molar-refractivity contribution is 0.115. The van der Waals surface area contributed by atoms with Gasteiger partial charge in [-0.15, -0.1) is 0 Å². The minimum absolute atomic E-state index is 0.0616. The maximum atomic E-state index is 12.7. The van der Waals surface area contributed by atoms with Gasteiger partial charge in [0.15, 0.2) is 0 Å². The summed E-state index contributed by atoms with van der Waals surface area (Å²) < 4.78 is 7.24. The minimum Gasteiger partial charge on any atom is -0.497 e. The fourth-order valence-corrected chi connectivity index (χ4v) is 5.28. The van der Waals surface area contributed by atoms with Crippen molar-refractivity contribution in [1.29, 1.82) is 5.26 Å². The van der Waals surface area contributed by atoms with Crippen LogP contribution in [0.25, 0.3) is 11.1 Å². The number of aromatic nitrogens is 1. The van der Waals surface area contributed by atoms with E-state index in [4.69, 9.17) is 4.74 Å². The van der Waals surface area contributed by atoms with Crippen molar-refractivity contribution < 1.29 is 4.74 Å². The first-order chi connectivity index (χ1) is 15.2. The van der Waals surface area contributed by atoms with Crippen LogP contribution in [0.15, 0.2) is 65.5 Å². The zero-order chi connectivity index (χ0) is 21.4. The Morgan fingerprint density at radius 3 is 2.58 bits per heavy atom. The van der Waals surface area contributed by atoms with E-state index in [9.17, 15) is 10.1 Å². The van der Waals surface area contributed by atoms with Gasteiger partial charge in [-0.2, -0.15) is 5.26 Å². The van der Waals surface area contributed by atoms with E-state index in [1.807, 2.05) is 47.0 Å². The van der Waals surface area contributed by atoms with Crippen LogP contribution >= 0.6 is 0 Å². The van der Waals surface area contributed by atoms with Crippen molar-refractivity contribution in [1.82, 2.24) is 9.47 Å². The number of likely N-dealkylation sites (tertiary alicyclic amines) is 1. The van der Waals surface area contributed by atoms with Crippen LogP contribution in [0.5, 0.6) is 5.75 Å². The molecule has 5 rings (SSSR count). The lowest BCUT2D eigenvalue weighted by Crippen LogP contribution is -2.47. The van der Waals surface area contributed by atoms with Crippen molar-refractivity contribution in [3.63, 3.8) is 0 Å². The highest BCUT2D eigenvalue weighted by Crippen LogP contribution is 2.40. The number of hydrogen-bond donors (Lipinski definition) is 0. The van der Waals surface area contributed by atoms with Crippen LogP contribution in [0.2, 0.25) is 0 Å². The normalized spacial score (nSPS) is 20.0. The number of pyridine rings is 1. The van der Waals surface area contributed by atoms with E-state index in [1.165, 1.54) is 5.56 Å². The molecule has 0 spiro atoms. The number of hydrogen-bond acceptors (Lipinski definition) is 4. The van der Waals surface area contributed by atoms with Crippen molar-refractivity contribution in [2.24, 2.45) is 5.92 Å². The quantitative estimate of drug-likeness (QED) is 0.651. The second kappa shape index (κ2) is 8.05. The molecule has 156 valence electrons. The van der Waals surface area contributed by atoms with Gasteiger partial charge in [0.05, 0.1) is 18.7 Å². The second-order valence-electron chi connectivity index (χ2n) is 8.58. The van der Waals surface area contributed by atoms with Crippen molar-refractivity contribution in [3.05, 3.63) is 87.8 Å². The number of piperidine rings is 1. The monoisotopic (exact) mass is 411 g/mol. The van der Waals surface area contributed by atoms with Gasteiger partial charge in [-0.1, -0.05) is 30.3 Å². The number of fused-ring (bicyclic) bond motifs is 4. The number of nitriles is 1. The standard InChI is InChI=1S/C26H25N3O2/c1-31-22-8-6-18(7-9-22)14-28-15-19-12-21(17-28)26-24(10-11-25(30)29(26)16-19)23-5-3-2-4-20(23)13-27/h2-11,19,21H,12,14-17H2,1H3/t19-,21+/m0/s1. The molecule has 1 aromatic heterocycles. The van der Waals surface area contributed by atoms with Gasteiger partial charge in [-0.05, 0) is 42.2 Å². The SMILES string of the molecule is COc1ccc(CN2C[C@@H]3C[C@H](C2)c2c(-c4ccccc4C#N)ccc(=O)n2C3)cc1. The summed E-state index contributed by atoms with van der Waals surface area (Å²) in [6.07, 6.45) is 1.09. The van der Waals surface area contributed by atoms with Crippen molar-refractivity contribution in [2.45, 2.75) is 25.4 Å². The van der Waals surface area contributed by atoms with Crippen molar-refractivity contribution >= 4 is 0 Å². The average Bonchev–Trinajstić information content (AvgIpc) is 2.80. The molecule has 0 saturated carbocycles. The van der Waals surface area contributed by atoms with Gasteiger partial charge in [-0.25, -0.2) is 0 Å². The van der Waals surface area contributed by atoms with E-state index in [0.29, 0.717) is 11.5 Å². The topological polar surface area (TPSA) is 58.3 Å². The van der Waals surface area contributed by atoms with Crippen LogP contribution in [0.3, 0.4) is 0 Å². The Morgan fingerprint density at radius 2 is 1.81 bits per heavy atom. The van der Waals surface area contributed by atoms with Crippen LogP contribution < -0.4 is 10.3 Å². The number of benzene rings is 2. The Labute approximate surface area is 182 Å². The lowest BCUT2D eigenvalue weighted by Gasteiger charge is -2.43. The Balaban J connectivity index is 1.50. The molecule has 1 fully saturated rings. The Bertz CT molecular complexity index is 1210. The maximum Gasteiger partial charge on any atom is 0.250 e. The predicted molar refractivity (Wildman–Crippen MR) is 120 cm³/mol. The van der Waals surface area contributed by atoms with E-state index in [2.05, 4.69) is 23.1 Å². The molecule has 3 heterocycles. The molecule has 2 aromatic carbocycles. The summed E-state index contributed by atoms with van der Waals surface area (Å²) in [6, 6.07) is 21.8. The molecule has 2 atom stereocenters. The number of rotatable bonds is 4. The Kier molecular flexibility index (Phi) is 5.09. The van der Waals surface area contributed by atoms with Crippen LogP contribution in [0.1, 0.15) is 29.2 Å². The smallest absolute Gasteiger partial charge is 0.250 e. The van der Waals surface area contributed by atoms with Crippen LogP contribution in [0, 0.1) is 17.2 Å². The molecule has 5 heteroatoms. The molecular weight excluding hydrogens is 386 g/mol. The average molecular weight is 412 g/mol. The zero-order valence-corrected chi connectivity index (χ0v) is 17.6. The molecule has 2 aliphatic heterocycles. The minimum atomic E-state index is 0.0616. The predicted octanol–water partition coefficient (Wildman–Crippen LogP) is 4.01. The maximum absolute atomic E-state index is 12.7. The zero-order valence-electron chi connectivity index (χ0n) is 17.6. The molecule has 31 heavy (non-hydrogen) atoms. The molecule has 0 unspecified atom stereocenters. The van der Waals surface area contributed by atoms with E-state index in [0.717, 1.165) is 55.2 Å². The summed E-state index contributed by atoms with van der Waals surface area (Å²) in [6.45, 7) is 3.53. The first kappa shape index (κ1) is 19.6. The van der Waals surface area contributed by atoms with Crippen molar-refractivity contribution in [3.8, 4) is 22.9 Å². The molecule has 0 radical (unpaired) electrons. The van der Waals surface area contributed by atoms with Crippen LogP contribution in [-0.2, 0) is 13.1 Å². The van der Waals surface area contributed by atoms with E-state index < -0.39 is 0 Å². The molecule has 0 aliphatic carbocycles. The number of methoxy groups -OCH3 is 1. The summed E-state index contributed by atoms with van der Waals surface area (Å²) in [5.74, 6) is 1.61. The largest absolute Gasteiger partial charge is 0.497 e. The molecular formula is C26H25N3O2. The lowest BCUT2D eigenvalue weighted by atomic mass is 9.80. The fourth-order valence-electron chi connectivity index (χ4n) is 5.28. The summed E-state index contributed by atoms with van der Waals surface area (Å²) in [5.41, 5.74) is 5.00. The van der Waals surface area contributed by atoms with Gasteiger partial charge in [0.1, 0.15) is 5.75 Å². The Hall–Kier alpha value is -3.36. The Morgan fingerprint density at radius 1 is 1.00 bits per heavy atom. The van der Waals surface area contributed by atoms with Gasteiger partial charge >= 0.3 is 0 Å². The first-order valence-corrected chi connectivity index (χ1v) is 10.7. The second-order valence-corrected chi connectivity index (χ2v) is 8.58. The summed E-state index contributed by atoms with van der Waals surface area (Å²) in [5, 5.41) is 9.62. The summed E-state index contributed by atoms with van der Waals surface area (Å²) in [4.78, 5) is 15.2. The third-order valence-electron chi connectivity index (χ3n) is 6.57. The van der Waals surface area contributed by atoms with Gasteiger partial charge in [0, 0.05) is 55.0 Å². The van der Waals surface area contributed by atoms with E-state index in [-0.39, 0.29) is 11.5 Å². The molecule has 2 aliphatic rings. The highest BCUT2D eigenvalue weighted by molar-refractivity contribution is 5.73. The highest BCUT2D eigenvalue weighted by atomic mass is 16.5. The third-order valence-corrected chi connectivity index (χ3v) is 6.57. The van der Waals surface area contributed by atoms with Gasteiger partial charge in [0.2, 0.25) is 0 Å². The van der Waals surface area contributed by atoms with Crippen LogP contribution in [0.4, 0.5) is 0 Å². The van der Waals surface area contributed by atoms with E-state index in [1.54, 1.807) is 13.2 Å². The molecule has 0 N–H and O–H groups in total. The molecule has 3 aromatic rings. The first-order valence-electron chi connectivity index (χ1n) is 10.7. The fraction of sp³-hybridized carbons (Fsp3) is 0.308. The molecule has 1 saturated heterocycles. The molecule has 2 bridgehead atoms. The van der Waals surface area contributed by atoms with Gasteiger partial charge in [0.25, 0.3) is 5.56 Å². The third kappa shape index (κ3) is 3.64. The summed E-state index contributed by atoms with van der Waals surface area (Å²) in [7, 11) is 1.68.